The van der Waals surface area contributed by atoms with E-state index in [0.29, 0.717) is 16.1 Å². The minimum Gasteiger partial charge on any atom is -0.345 e. The summed E-state index contributed by atoms with van der Waals surface area (Å²) in [6.45, 7) is 0. The van der Waals surface area contributed by atoms with Crippen molar-refractivity contribution in [1.82, 2.24) is 9.47 Å². The molecule has 0 aliphatic rings. The fraction of sp³-hybridized carbons (Fsp3) is 0.111. The summed E-state index contributed by atoms with van der Waals surface area (Å²) in [5.74, 6) is -0.293. The molecule has 0 spiro atoms. The Kier molecular flexibility index (Phi) is 4.48. The van der Waals surface area contributed by atoms with E-state index in [1.807, 2.05) is 40.5 Å². The highest BCUT2D eigenvalue weighted by Gasteiger charge is 2.15. The second-order valence-corrected chi connectivity index (χ2v) is 6.38. The molecular formula is C18H17N3O2S. The Balaban J connectivity index is 1.83. The first kappa shape index (κ1) is 16.0. The Labute approximate surface area is 144 Å². The maximum Gasteiger partial charge on any atom is 0.267 e. The van der Waals surface area contributed by atoms with Gasteiger partial charge in [0.15, 0.2) is 0 Å². The topological polar surface area (TPSA) is 54.3 Å². The summed E-state index contributed by atoms with van der Waals surface area (Å²) in [5, 5.41) is 4.75. The number of thiophene rings is 1. The molecule has 6 heteroatoms. The highest BCUT2D eigenvalue weighted by atomic mass is 32.1. The molecule has 3 rings (SSSR count). The lowest BCUT2D eigenvalue weighted by Gasteiger charge is -2.12. The molecule has 0 unspecified atom stereocenters. The van der Waals surface area contributed by atoms with Gasteiger partial charge in [-0.15, -0.1) is 11.3 Å². The zero-order chi connectivity index (χ0) is 17.1. The molecule has 5 nitrogen and oxygen atoms in total. The van der Waals surface area contributed by atoms with Crippen molar-refractivity contribution in [3.63, 3.8) is 0 Å². The van der Waals surface area contributed by atoms with E-state index in [0.717, 1.165) is 5.69 Å². The molecule has 3 aromatic rings. The van der Waals surface area contributed by atoms with Crippen LogP contribution in [0.4, 0.5) is 5.69 Å². The van der Waals surface area contributed by atoms with E-state index in [9.17, 15) is 9.59 Å². The van der Waals surface area contributed by atoms with E-state index < -0.39 is 0 Å². The van der Waals surface area contributed by atoms with Crippen LogP contribution in [0.2, 0.25) is 0 Å². The molecule has 0 aliphatic carbocycles. The monoisotopic (exact) mass is 339 g/mol. The van der Waals surface area contributed by atoms with Crippen LogP contribution in [0.25, 0.3) is 5.69 Å². The van der Waals surface area contributed by atoms with Crippen molar-refractivity contribution < 1.29 is 9.59 Å². The third-order valence-corrected chi connectivity index (χ3v) is 4.41. The summed E-state index contributed by atoms with van der Waals surface area (Å²) in [4.78, 5) is 26.8. The highest BCUT2D eigenvalue weighted by Crippen LogP contribution is 2.23. The third kappa shape index (κ3) is 3.23. The van der Waals surface area contributed by atoms with Crippen LogP contribution in [0.15, 0.2) is 60.2 Å². The molecule has 2 heterocycles. The van der Waals surface area contributed by atoms with Crippen LogP contribution in [0.5, 0.6) is 0 Å². The maximum absolute atomic E-state index is 12.6. The van der Waals surface area contributed by atoms with Crippen LogP contribution in [-0.2, 0) is 0 Å². The Hall–Kier alpha value is -2.86. The first-order valence-electron chi connectivity index (χ1n) is 7.40. The molecule has 2 aromatic heterocycles. The first-order valence-corrected chi connectivity index (χ1v) is 8.28. The van der Waals surface area contributed by atoms with Crippen LogP contribution < -0.4 is 5.32 Å². The number of rotatable bonds is 4. The number of anilines is 1. The lowest BCUT2D eigenvalue weighted by Crippen LogP contribution is -2.22. The van der Waals surface area contributed by atoms with E-state index in [2.05, 4.69) is 5.32 Å². The molecule has 0 atom stereocenters. The number of carbonyl (C=O) groups is 2. The van der Waals surface area contributed by atoms with E-state index >= 15 is 0 Å². The molecule has 122 valence electrons. The molecule has 0 radical (unpaired) electrons. The van der Waals surface area contributed by atoms with Crippen LogP contribution in [-0.4, -0.2) is 35.4 Å². The number of benzene rings is 1. The number of hydrogen-bond donors (Lipinski definition) is 1. The summed E-state index contributed by atoms with van der Waals surface area (Å²) in [6.07, 6.45) is 3.80. The van der Waals surface area contributed by atoms with Gasteiger partial charge in [0.2, 0.25) is 0 Å². The normalized spacial score (nSPS) is 10.4. The minimum absolute atomic E-state index is 0.102. The standard InChI is InChI=1S/C18H17N3O2S/c1-20(2)18(23)13-6-5-7-14(12-13)19-17(22)16-15(8-11-24-16)21-9-3-4-10-21/h3-12H,1-2H3,(H,19,22). The Morgan fingerprint density at radius 3 is 2.54 bits per heavy atom. The molecule has 0 saturated heterocycles. The molecule has 1 aromatic carbocycles. The van der Waals surface area contributed by atoms with E-state index in [1.165, 1.54) is 16.2 Å². The summed E-state index contributed by atoms with van der Waals surface area (Å²) in [6, 6.07) is 12.7. The van der Waals surface area contributed by atoms with E-state index in [4.69, 9.17) is 0 Å². The smallest absolute Gasteiger partial charge is 0.267 e. The van der Waals surface area contributed by atoms with Gasteiger partial charge in [-0.3, -0.25) is 9.59 Å². The predicted molar refractivity (Wildman–Crippen MR) is 96.1 cm³/mol. The van der Waals surface area contributed by atoms with Crippen molar-refractivity contribution >= 4 is 28.8 Å². The lowest BCUT2D eigenvalue weighted by atomic mass is 10.2. The van der Waals surface area contributed by atoms with Gasteiger partial charge in [0.25, 0.3) is 11.8 Å². The predicted octanol–water partition coefficient (Wildman–Crippen LogP) is 3.49. The van der Waals surface area contributed by atoms with Crippen molar-refractivity contribution in [2.24, 2.45) is 0 Å². The second-order valence-electron chi connectivity index (χ2n) is 5.46. The molecule has 0 saturated carbocycles. The largest absolute Gasteiger partial charge is 0.345 e. The van der Waals surface area contributed by atoms with Gasteiger partial charge in [0.05, 0.1) is 5.69 Å². The number of aromatic nitrogens is 1. The Bertz CT molecular complexity index is 866. The molecule has 0 fully saturated rings. The van der Waals surface area contributed by atoms with Gasteiger partial charge >= 0.3 is 0 Å². The number of carbonyl (C=O) groups excluding carboxylic acids is 2. The van der Waals surface area contributed by atoms with Crippen molar-refractivity contribution in [3.05, 3.63) is 70.7 Å². The van der Waals surface area contributed by atoms with Crippen molar-refractivity contribution in [2.75, 3.05) is 19.4 Å². The average Bonchev–Trinajstić information content (AvgIpc) is 3.24. The average molecular weight is 339 g/mol. The highest BCUT2D eigenvalue weighted by molar-refractivity contribution is 7.12. The maximum atomic E-state index is 12.6. The third-order valence-electron chi connectivity index (χ3n) is 3.51. The molecule has 24 heavy (non-hydrogen) atoms. The van der Waals surface area contributed by atoms with Gasteiger partial charge in [-0.2, -0.15) is 0 Å². The summed E-state index contributed by atoms with van der Waals surface area (Å²) >= 11 is 1.38. The summed E-state index contributed by atoms with van der Waals surface area (Å²) in [5.41, 5.74) is 1.97. The van der Waals surface area contributed by atoms with Gasteiger partial charge in [-0.05, 0) is 41.8 Å². The van der Waals surface area contributed by atoms with Crippen molar-refractivity contribution in [2.45, 2.75) is 0 Å². The van der Waals surface area contributed by atoms with Crippen LogP contribution >= 0.6 is 11.3 Å². The zero-order valence-electron chi connectivity index (χ0n) is 13.4. The summed E-state index contributed by atoms with van der Waals surface area (Å²) in [7, 11) is 3.39. The van der Waals surface area contributed by atoms with Gasteiger partial charge in [0.1, 0.15) is 4.88 Å². The fourth-order valence-corrected chi connectivity index (χ4v) is 3.13. The first-order chi connectivity index (χ1) is 11.6. The van der Waals surface area contributed by atoms with Crippen LogP contribution in [0.1, 0.15) is 20.0 Å². The van der Waals surface area contributed by atoms with Gasteiger partial charge in [0, 0.05) is 37.7 Å². The SMILES string of the molecule is CN(C)C(=O)c1cccc(NC(=O)c2sccc2-n2cccc2)c1. The molecular weight excluding hydrogens is 322 g/mol. The summed E-state index contributed by atoms with van der Waals surface area (Å²) < 4.78 is 1.90. The number of nitrogens with zero attached hydrogens (tertiary/aromatic N) is 2. The van der Waals surface area contributed by atoms with Gasteiger partial charge in [-0.25, -0.2) is 0 Å². The van der Waals surface area contributed by atoms with Crippen LogP contribution in [0, 0.1) is 0 Å². The van der Waals surface area contributed by atoms with Crippen molar-refractivity contribution in [3.8, 4) is 5.69 Å². The van der Waals surface area contributed by atoms with Gasteiger partial charge < -0.3 is 14.8 Å². The minimum atomic E-state index is -0.192. The van der Waals surface area contributed by atoms with E-state index in [-0.39, 0.29) is 11.8 Å². The zero-order valence-corrected chi connectivity index (χ0v) is 14.2. The number of nitrogens with one attached hydrogen (secondary N) is 1. The van der Waals surface area contributed by atoms with E-state index in [1.54, 1.807) is 38.4 Å². The number of hydrogen-bond acceptors (Lipinski definition) is 3. The molecule has 1 N–H and O–H groups in total. The quantitative estimate of drug-likeness (QED) is 0.791. The fourth-order valence-electron chi connectivity index (χ4n) is 2.35. The number of amides is 2. The Morgan fingerprint density at radius 1 is 1.08 bits per heavy atom. The second kappa shape index (κ2) is 6.72. The molecule has 2 amide bonds. The lowest BCUT2D eigenvalue weighted by molar-refractivity contribution is 0.0827. The van der Waals surface area contributed by atoms with Crippen molar-refractivity contribution in [1.29, 1.82) is 0 Å². The molecule has 0 bridgehead atoms. The van der Waals surface area contributed by atoms with Crippen LogP contribution in [0.3, 0.4) is 0 Å². The Morgan fingerprint density at radius 2 is 1.83 bits per heavy atom. The van der Waals surface area contributed by atoms with Gasteiger partial charge in [-0.1, -0.05) is 6.07 Å². The molecule has 0 aliphatic heterocycles.